The molecule has 2 unspecified atom stereocenters. The molecular weight excluding hydrogens is 636 g/mol. The number of hydrogen-bond acceptors (Lipinski definition) is 12. The molecule has 0 aromatic carbocycles. The number of ether oxygens (including phenoxy) is 6. The third-order valence-electron chi connectivity index (χ3n) is 11.2. The maximum absolute atomic E-state index is 13.6. The molecule has 1 spiro atoms. The minimum atomic E-state index is -1.16. The second-order valence-corrected chi connectivity index (χ2v) is 14.1. The number of rotatable bonds is 8. The van der Waals surface area contributed by atoms with Crippen LogP contribution in [-0.2, 0) is 42.8 Å². The Balaban J connectivity index is 1.25. The van der Waals surface area contributed by atoms with Crippen LogP contribution in [0.15, 0.2) is 42.1 Å². The summed E-state index contributed by atoms with van der Waals surface area (Å²) in [5.74, 6) is -5.46. The zero-order chi connectivity index (χ0) is 35.0. The Morgan fingerprint density at radius 1 is 1.16 bits per heavy atom. The maximum atomic E-state index is 13.6. The van der Waals surface area contributed by atoms with E-state index in [0.29, 0.717) is 12.2 Å². The molecule has 2 aliphatic carbocycles. The maximum Gasteiger partial charge on any atom is 0.417 e. The molecule has 13 heteroatoms. The first-order chi connectivity index (χ1) is 23.5. The summed E-state index contributed by atoms with van der Waals surface area (Å²) in [5, 5.41) is 11.9. The molecule has 1 aromatic heterocycles. The summed E-state index contributed by atoms with van der Waals surface area (Å²) in [6.07, 6.45) is 4.75. The molecule has 4 heterocycles. The van der Waals surface area contributed by atoms with E-state index in [1.807, 2.05) is 39.0 Å². The summed E-state index contributed by atoms with van der Waals surface area (Å²) >= 11 is 0. The van der Waals surface area contributed by atoms with Crippen molar-refractivity contribution in [3.05, 3.63) is 47.8 Å². The molecule has 1 aromatic rings. The minimum Gasteiger partial charge on any atom is -0.456 e. The van der Waals surface area contributed by atoms with E-state index in [1.165, 1.54) is 7.11 Å². The van der Waals surface area contributed by atoms with Crippen LogP contribution in [0.5, 0.6) is 0 Å². The molecule has 0 radical (unpaired) electrons. The van der Waals surface area contributed by atoms with Crippen LogP contribution in [0.2, 0.25) is 0 Å². The van der Waals surface area contributed by atoms with E-state index >= 15 is 0 Å². The van der Waals surface area contributed by atoms with Crippen molar-refractivity contribution in [2.75, 3.05) is 33.4 Å². The predicted molar refractivity (Wildman–Crippen MR) is 173 cm³/mol. The number of carbonyl (C=O) groups excluding carboxylic acids is 4. The second-order valence-electron chi connectivity index (χ2n) is 14.1. The molecule has 3 aliphatic heterocycles. The fourth-order valence-electron chi connectivity index (χ4n) is 8.75. The third kappa shape index (κ3) is 6.58. The number of hydrogen-bond donors (Lipinski definition) is 2. The highest BCUT2D eigenvalue weighted by atomic mass is 16.6. The van der Waals surface area contributed by atoms with E-state index in [2.05, 4.69) is 9.88 Å². The van der Waals surface area contributed by atoms with Gasteiger partial charge in [0.15, 0.2) is 6.10 Å². The van der Waals surface area contributed by atoms with Crippen molar-refractivity contribution in [3.63, 3.8) is 0 Å². The highest BCUT2D eigenvalue weighted by molar-refractivity contribution is 6.29. The lowest BCUT2D eigenvalue weighted by Gasteiger charge is -2.48. The third-order valence-corrected chi connectivity index (χ3v) is 11.2. The fourth-order valence-corrected chi connectivity index (χ4v) is 8.75. The SMILES string of the molecule is CO[C@H]1C[C@H]2C=CC3C4[C@H](O)[C@@H](C)[C@@H](OC(=O)c5ccc[nH]5)[C@@H]3O[C@]42/C(C)=C/[C@@H](C)[C@@H]([C@@H](C)OC(=O)C(=O)OCCN2CCCC2)OC1=O. The number of H-pyrrole nitrogens is 1. The van der Waals surface area contributed by atoms with Crippen molar-refractivity contribution in [2.24, 2.45) is 29.6 Å². The van der Waals surface area contributed by atoms with Gasteiger partial charge in [-0.2, -0.15) is 0 Å². The average Bonchev–Trinajstić information content (AvgIpc) is 3.84. The fraction of sp³-hybridized carbons (Fsp3) is 0.667. The normalized spacial score (nSPS) is 38.8. The molecule has 3 fully saturated rings. The zero-order valence-corrected chi connectivity index (χ0v) is 28.7. The van der Waals surface area contributed by atoms with E-state index in [-0.39, 0.29) is 24.9 Å². The number of carbonyl (C=O) groups is 4. The lowest BCUT2D eigenvalue weighted by atomic mass is 9.57. The first-order valence-electron chi connectivity index (χ1n) is 17.4. The second kappa shape index (κ2) is 14.4. The van der Waals surface area contributed by atoms with E-state index < -0.39 is 83.9 Å². The summed E-state index contributed by atoms with van der Waals surface area (Å²) in [5.41, 5.74) is 0.0437. The van der Waals surface area contributed by atoms with Crippen molar-refractivity contribution in [2.45, 2.75) is 89.2 Å². The summed E-state index contributed by atoms with van der Waals surface area (Å²) < 4.78 is 35.3. The molecule has 2 N–H and O–H groups in total. The number of aromatic nitrogens is 1. The van der Waals surface area contributed by atoms with E-state index in [0.717, 1.165) is 31.5 Å². The van der Waals surface area contributed by atoms with Gasteiger partial charge in [0.1, 0.15) is 42.3 Å². The lowest BCUT2D eigenvalue weighted by molar-refractivity contribution is -0.184. The number of aliphatic hydroxyl groups excluding tert-OH is 1. The Morgan fingerprint density at radius 2 is 1.92 bits per heavy atom. The van der Waals surface area contributed by atoms with Gasteiger partial charge in [-0.1, -0.05) is 32.1 Å². The summed E-state index contributed by atoms with van der Waals surface area (Å²) in [7, 11) is 1.42. The zero-order valence-electron chi connectivity index (χ0n) is 28.7. The Kier molecular flexibility index (Phi) is 10.4. The molecule has 0 amide bonds. The van der Waals surface area contributed by atoms with E-state index in [4.69, 9.17) is 28.4 Å². The average molecular weight is 685 g/mol. The smallest absolute Gasteiger partial charge is 0.417 e. The van der Waals surface area contributed by atoms with Crippen molar-refractivity contribution in [3.8, 4) is 0 Å². The van der Waals surface area contributed by atoms with E-state index in [1.54, 1.807) is 25.3 Å². The van der Waals surface area contributed by atoms with Crippen LogP contribution in [-0.4, -0.2) is 114 Å². The molecule has 268 valence electrons. The van der Waals surface area contributed by atoms with Gasteiger partial charge in [-0.05, 0) is 63.9 Å². The van der Waals surface area contributed by atoms with Crippen LogP contribution in [0.25, 0.3) is 0 Å². The first-order valence-corrected chi connectivity index (χ1v) is 17.4. The van der Waals surface area contributed by atoms with Gasteiger partial charge in [-0.15, -0.1) is 0 Å². The standard InChI is InChI=1S/C36H48N2O11/c1-19-17-20(2)36-23(10-11-24-27(36)28(39)21(3)30(31(24)49-36)48-32(40)25-9-8-12-37-25)18-26(44-5)33(41)47-29(19)22(4)46-35(43)34(42)45-16-15-38-13-6-7-14-38/h8-12,17,19,21-24,26-31,37,39H,6-7,13-16,18H2,1-5H3/b20-17+/t19-,21-,22-,23-,24?,26+,27?,28-,29+,30-,31-,36+/m1/s1. The minimum absolute atomic E-state index is 0.0753. The van der Waals surface area contributed by atoms with Gasteiger partial charge < -0.3 is 38.5 Å². The van der Waals surface area contributed by atoms with Gasteiger partial charge in [0.25, 0.3) is 0 Å². The van der Waals surface area contributed by atoms with Gasteiger partial charge in [0, 0.05) is 49.4 Å². The van der Waals surface area contributed by atoms with Crippen LogP contribution in [0.4, 0.5) is 0 Å². The lowest BCUT2D eigenvalue weighted by Crippen LogP contribution is -2.57. The largest absolute Gasteiger partial charge is 0.456 e. The Bertz CT molecular complexity index is 1450. The highest BCUT2D eigenvalue weighted by Crippen LogP contribution is 2.61. The molecule has 49 heavy (non-hydrogen) atoms. The molecule has 6 rings (SSSR count). The topological polar surface area (TPSA) is 163 Å². The predicted octanol–water partition coefficient (Wildman–Crippen LogP) is 2.59. The van der Waals surface area contributed by atoms with Gasteiger partial charge in [0.2, 0.25) is 0 Å². The number of aliphatic hydroxyl groups is 1. The molecule has 12 atom stereocenters. The summed E-state index contributed by atoms with van der Waals surface area (Å²) in [4.78, 5) is 57.0. The molecule has 2 saturated heterocycles. The van der Waals surface area contributed by atoms with Crippen LogP contribution < -0.4 is 0 Å². The first kappa shape index (κ1) is 35.3. The Morgan fingerprint density at radius 3 is 2.61 bits per heavy atom. The summed E-state index contributed by atoms with van der Waals surface area (Å²) in [6, 6.07) is 3.34. The number of cyclic esters (lactones) is 1. The van der Waals surface area contributed by atoms with Crippen molar-refractivity contribution < 1.29 is 52.7 Å². The number of likely N-dealkylation sites (tertiary alicyclic amines) is 1. The Labute approximate surface area is 286 Å². The van der Waals surface area contributed by atoms with Crippen LogP contribution in [0.3, 0.4) is 0 Å². The number of nitrogens with zero attached hydrogens (tertiary/aromatic N) is 1. The number of esters is 4. The number of aromatic amines is 1. The van der Waals surface area contributed by atoms with Gasteiger partial charge in [-0.25, -0.2) is 19.2 Å². The van der Waals surface area contributed by atoms with Crippen molar-refractivity contribution >= 4 is 23.9 Å². The summed E-state index contributed by atoms with van der Waals surface area (Å²) in [6.45, 7) is 9.66. The molecule has 13 nitrogen and oxygen atoms in total. The van der Waals surface area contributed by atoms with Gasteiger partial charge in [-0.3, -0.25) is 4.90 Å². The quantitative estimate of drug-likeness (QED) is 0.178. The number of methoxy groups -OCH3 is 1. The van der Waals surface area contributed by atoms with Crippen molar-refractivity contribution in [1.82, 2.24) is 9.88 Å². The monoisotopic (exact) mass is 684 g/mol. The molecule has 1 saturated carbocycles. The van der Waals surface area contributed by atoms with Gasteiger partial charge >= 0.3 is 23.9 Å². The van der Waals surface area contributed by atoms with Crippen LogP contribution >= 0.6 is 0 Å². The van der Waals surface area contributed by atoms with Crippen LogP contribution in [0, 0.1) is 29.6 Å². The van der Waals surface area contributed by atoms with E-state index in [9.17, 15) is 24.3 Å². The number of nitrogens with one attached hydrogen (secondary N) is 1. The molecule has 5 aliphatic rings. The highest BCUT2D eigenvalue weighted by Gasteiger charge is 2.69. The van der Waals surface area contributed by atoms with Gasteiger partial charge in [0.05, 0.1) is 6.10 Å². The molecule has 4 bridgehead atoms. The van der Waals surface area contributed by atoms with Crippen LogP contribution in [0.1, 0.15) is 57.4 Å². The Hall–Kier alpha value is -3.52. The molecular formula is C36H48N2O11. The van der Waals surface area contributed by atoms with Crippen molar-refractivity contribution in [1.29, 1.82) is 0 Å².